The summed E-state index contributed by atoms with van der Waals surface area (Å²) in [5.41, 5.74) is 0. The first-order chi connectivity index (χ1) is 12.1. The van der Waals surface area contributed by atoms with Crippen molar-refractivity contribution in [1.82, 2.24) is 9.80 Å². The summed E-state index contributed by atoms with van der Waals surface area (Å²) in [7, 11) is 1.57. The Kier molecular flexibility index (Phi) is 7.10. The molecule has 2 rings (SSSR count). The number of nitrogens with zero attached hydrogens (tertiary/aromatic N) is 2. The van der Waals surface area contributed by atoms with Crippen molar-refractivity contribution in [3.8, 4) is 11.5 Å². The van der Waals surface area contributed by atoms with E-state index in [0.29, 0.717) is 24.6 Å². The van der Waals surface area contributed by atoms with Gasteiger partial charge in [0.05, 0.1) is 7.11 Å². The van der Waals surface area contributed by atoms with Gasteiger partial charge in [-0.05, 0) is 38.8 Å². The van der Waals surface area contributed by atoms with E-state index in [1.165, 1.54) is 0 Å². The van der Waals surface area contributed by atoms with Crippen molar-refractivity contribution in [2.75, 3.05) is 39.9 Å². The summed E-state index contributed by atoms with van der Waals surface area (Å²) < 4.78 is 10.8. The van der Waals surface area contributed by atoms with Gasteiger partial charge in [-0.1, -0.05) is 12.1 Å². The highest BCUT2D eigenvalue weighted by atomic mass is 16.5. The Morgan fingerprint density at radius 2 is 1.72 bits per heavy atom. The topological polar surface area (TPSA) is 59.1 Å². The van der Waals surface area contributed by atoms with Gasteiger partial charge in [-0.15, -0.1) is 0 Å². The fourth-order valence-electron chi connectivity index (χ4n) is 3.14. The van der Waals surface area contributed by atoms with Crippen LogP contribution in [0.1, 0.15) is 26.7 Å². The molecule has 1 aromatic rings. The lowest BCUT2D eigenvalue weighted by molar-refractivity contribution is -0.141. The average molecular weight is 348 g/mol. The summed E-state index contributed by atoms with van der Waals surface area (Å²) in [6.07, 6.45) is 1.44. The normalized spacial score (nSPS) is 14.9. The van der Waals surface area contributed by atoms with Crippen molar-refractivity contribution in [3.05, 3.63) is 24.3 Å². The van der Waals surface area contributed by atoms with Crippen LogP contribution in [0.5, 0.6) is 11.5 Å². The molecule has 0 radical (unpaired) electrons. The van der Waals surface area contributed by atoms with E-state index in [0.717, 1.165) is 25.9 Å². The number of hydrogen-bond acceptors (Lipinski definition) is 4. The second-order valence-corrected chi connectivity index (χ2v) is 6.11. The Labute approximate surface area is 149 Å². The number of ether oxygens (including phenoxy) is 2. The number of carbonyl (C=O) groups excluding carboxylic acids is 2. The molecule has 1 fully saturated rings. The first-order valence-electron chi connectivity index (χ1n) is 8.93. The minimum Gasteiger partial charge on any atom is -0.493 e. The second-order valence-electron chi connectivity index (χ2n) is 6.11. The van der Waals surface area contributed by atoms with Crippen LogP contribution in [0.3, 0.4) is 0 Å². The van der Waals surface area contributed by atoms with Gasteiger partial charge in [0.25, 0.3) is 5.91 Å². The highest BCUT2D eigenvalue weighted by molar-refractivity contribution is 5.80. The molecular formula is C19H28N2O4. The predicted molar refractivity (Wildman–Crippen MR) is 95.7 cm³/mol. The summed E-state index contributed by atoms with van der Waals surface area (Å²) in [4.78, 5) is 28.4. The standard InChI is InChI=1S/C19H28N2O4/c1-4-20(5-2)19(23)15-10-12-21(13-11-15)18(22)14-25-17-9-7-6-8-16(17)24-3/h6-9,15H,4-5,10-14H2,1-3H3. The first-order valence-corrected chi connectivity index (χ1v) is 8.93. The Balaban J connectivity index is 1.82. The number of amides is 2. The number of rotatable bonds is 7. The van der Waals surface area contributed by atoms with Crippen molar-refractivity contribution in [2.24, 2.45) is 5.92 Å². The maximum absolute atomic E-state index is 12.4. The van der Waals surface area contributed by atoms with Crippen LogP contribution in [0.4, 0.5) is 0 Å². The molecular weight excluding hydrogens is 320 g/mol. The van der Waals surface area contributed by atoms with Crippen molar-refractivity contribution >= 4 is 11.8 Å². The number of methoxy groups -OCH3 is 1. The molecule has 1 heterocycles. The summed E-state index contributed by atoms with van der Waals surface area (Å²) in [5.74, 6) is 1.35. The molecule has 0 N–H and O–H groups in total. The van der Waals surface area contributed by atoms with E-state index in [9.17, 15) is 9.59 Å². The lowest BCUT2D eigenvalue weighted by Crippen LogP contribution is -2.45. The van der Waals surface area contributed by atoms with Crippen LogP contribution in [0.15, 0.2) is 24.3 Å². The molecule has 0 aliphatic carbocycles. The zero-order chi connectivity index (χ0) is 18.2. The zero-order valence-corrected chi connectivity index (χ0v) is 15.4. The minimum absolute atomic E-state index is 0.0188. The van der Waals surface area contributed by atoms with Gasteiger partial charge in [0.2, 0.25) is 5.91 Å². The van der Waals surface area contributed by atoms with Crippen molar-refractivity contribution in [2.45, 2.75) is 26.7 Å². The maximum atomic E-state index is 12.4. The number of piperidine rings is 1. The molecule has 1 aliphatic heterocycles. The molecule has 0 atom stereocenters. The van der Waals surface area contributed by atoms with E-state index >= 15 is 0 Å². The molecule has 1 aromatic carbocycles. The van der Waals surface area contributed by atoms with E-state index in [2.05, 4.69) is 0 Å². The number of hydrogen-bond donors (Lipinski definition) is 0. The number of likely N-dealkylation sites (tertiary alicyclic amines) is 1. The third kappa shape index (κ3) is 4.87. The Bertz CT molecular complexity index is 579. The lowest BCUT2D eigenvalue weighted by atomic mass is 9.95. The monoisotopic (exact) mass is 348 g/mol. The molecule has 0 spiro atoms. The predicted octanol–water partition coefficient (Wildman–Crippen LogP) is 2.18. The van der Waals surface area contributed by atoms with E-state index in [1.54, 1.807) is 24.1 Å². The van der Waals surface area contributed by atoms with Crippen LogP contribution < -0.4 is 9.47 Å². The number of benzene rings is 1. The molecule has 0 aromatic heterocycles. The SMILES string of the molecule is CCN(CC)C(=O)C1CCN(C(=O)COc2ccccc2OC)CC1. The Hall–Kier alpha value is -2.24. The van der Waals surface area contributed by atoms with E-state index in [1.807, 2.05) is 30.9 Å². The number of carbonyl (C=O) groups is 2. The molecule has 1 aliphatic rings. The van der Waals surface area contributed by atoms with Crippen molar-refractivity contribution < 1.29 is 19.1 Å². The summed E-state index contributed by atoms with van der Waals surface area (Å²) >= 11 is 0. The van der Waals surface area contributed by atoms with Gasteiger partial charge in [0.15, 0.2) is 18.1 Å². The molecule has 25 heavy (non-hydrogen) atoms. The van der Waals surface area contributed by atoms with E-state index in [-0.39, 0.29) is 24.3 Å². The average Bonchev–Trinajstić information content (AvgIpc) is 2.67. The van der Waals surface area contributed by atoms with Crippen molar-refractivity contribution in [1.29, 1.82) is 0 Å². The molecule has 6 nitrogen and oxygen atoms in total. The van der Waals surface area contributed by atoms with E-state index < -0.39 is 0 Å². The Morgan fingerprint density at radius 3 is 2.28 bits per heavy atom. The van der Waals surface area contributed by atoms with E-state index in [4.69, 9.17) is 9.47 Å². The van der Waals surface area contributed by atoms with Gasteiger partial charge in [-0.2, -0.15) is 0 Å². The second kappa shape index (κ2) is 9.30. The highest BCUT2D eigenvalue weighted by Gasteiger charge is 2.29. The molecule has 6 heteroatoms. The van der Waals surface area contributed by atoms with Crippen LogP contribution in [0.25, 0.3) is 0 Å². The van der Waals surface area contributed by atoms with Crippen molar-refractivity contribution in [3.63, 3.8) is 0 Å². The quantitative estimate of drug-likeness (QED) is 0.758. The lowest BCUT2D eigenvalue weighted by Gasteiger charge is -2.33. The molecule has 0 bridgehead atoms. The number of para-hydroxylation sites is 2. The third-order valence-corrected chi connectivity index (χ3v) is 4.69. The summed E-state index contributed by atoms with van der Waals surface area (Å²) in [6.45, 7) is 6.65. The maximum Gasteiger partial charge on any atom is 0.260 e. The van der Waals surface area contributed by atoms with Crippen LogP contribution in [-0.2, 0) is 9.59 Å². The van der Waals surface area contributed by atoms with Crippen LogP contribution in [0, 0.1) is 5.92 Å². The van der Waals surface area contributed by atoms with Crippen LogP contribution in [-0.4, -0.2) is 61.5 Å². The molecule has 2 amide bonds. The van der Waals surface area contributed by atoms with Gasteiger partial charge in [0, 0.05) is 32.1 Å². The minimum atomic E-state index is -0.0559. The molecule has 1 saturated heterocycles. The molecule has 138 valence electrons. The van der Waals surface area contributed by atoms with Gasteiger partial charge < -0.3 is 19.3 Å². The van der Waals surface area contributed by atoms with Gasteiger partial charge >= 0.3 is 0 Å². The van der Waals surface area contributed by atoms with Crippen LogP contribution in [0.2, 0.25) is 0 Å². The fraction of sp³-hybridized carbons (Fsp3) is 0.579. The Morgan fingerprint density at radius 1 is 1.12 bits per heavy atom. The third-order valence-electron chi connectivity index (χ3n) is 4.69. The first kappa shape index (κ1) is 19.1. The largest absolute Gasteiger partial charge is 0.493 e. The van der Waals surface area contributed by atoms with Gasteiger partial charge in [0.1, 0.15) is 0 Å². The van der Waals surface area contributed by atoms with Gasteiger partial charge in [-0.25, -0.2) is 0 Å². The molecule has 0 saturated carbocycles. The fourth-order valence-corrected chi connectivity index (χ4v) is 3.14. The highest BCUT2D eigenvalue weighted by Crippen LogP contribution is 2.26. The summed E-state index contributed by atoms with van der Waals surface area (Å²) in [5, 5.41) is 0. The smallest absolute Gasteiger partial charge is 0.260 e. The van der Waals surface area contributed by atoms with Crippen LogP contribution >= 0.6 is 0 Å². The van der Waals surface area contributed by atoms with Gasteiger partial charge in [-0.3, -0.25) is 9.59 Å². The molecule has 0 unspecified atom stereocenters. The zero-order valence-electron chi connectivity index (χ0n) is 15.4. The summed E-state index contributed by atoms with van der Waals surface area (Å²) in [6, 6.07) is 7.27.